The van der Waals surface area contributed by atoms with Crippen molar-refractivity contribution in [1.82, 2.24) is 5.32 Å². The van der Waals surface area contributed by atoms with E-state index in [2.05, 4.69) is 5.32 Å². The minimum Gasteiger partial charge on any atom is -0.444 e. The fourth-order valence-corrected chi connectivity index (χ4v) is 2.97. The molecule has 1 aliphatic carbocycles. The molecular formula is C14H25NO4. The predicted octanol–water partition coefficient (Wildman–Crippen LogP) is 1.83. The van der Waals surface area contributed by atoms with Gasteiger partial charge in [0.1, 0.15) is 11.7 Å². The van der Waals surface area contributed by atoms with Gasteiger partial charge in [0.25, 0.3) is 0 Å². The Balaban J connectivity index is 1.93. The zero-order valence-corrected chi connectivity index (χ0v) is 12.0. The predicted molar refractivity (Wildman–Crippen MR) is 70.9 cm³/mol. The summed E-state index contributed by atoms with van der Waals surface area (Å²) in [4.78, 5) is 11.8. The third-order valence-corrected chi connectivity index (χ3v) is 3.78. The van der Waals surface area contributed by atoms with E-state index >= 15 is 0 Å². The number of ether oxygens (including phenoxy) is 2. The smallest absolute Gasteiger partial charge is 0.408 e. The van der Waals surface area contributed by atoms with E-state index in [0.717, 1.165) is 12.8 Å². The van der Waals surface area contributed by atoms with Crippen molar-refractivity contribution in [2.24, 2.45) is 5.92 Å². The number of aliphatic hydroxyl groups is 1. The van der Waals surface area contributed by atoms with Gasteiger partial charge in [0.15, 0.2) is 0 Å². The molecule has 0 bridgehead atoms. The van der Waals surface area contributed by atoms with Crippen LogP contribution in [0.15, 0.2) is 0 Å². The molecule has 2 fully saturated rings. The van der Waals surface area contributed by atoms with Crippen molar-refractivity contribution in [3.8, 4) is 0 Å². The number of carbonyl (C=O) groups excluding carboxylic acids is 1. The summed E-state index contributed by atoms with van der Waals surface area (Å²) < 4.78 is 10.9. The van der Waals surface area contributed by atoms with Crippen molar-refractivity contribution in [1.29, 1.82) is 0 Å². The maximum atomic E-state index is 11.8. The molecule has 5 nitrogen and oxygen atoms in total. The molecule has 0 radical (unpaired) electrons. The van der Waals surface area contributed by atoms with Crippen molar-refractivity contribution < 1.29 is 19.4 Å². The minimum atomic E-state index is -0.641. The summed E-state index contributed by atoms with van der Waals surface area (Å²) in [5.41, 5.74) is -0.530. The highest BCUT2D eigenvalue weighted by Gasteiger charge is 2.42. The Hall–Kier alpha value is -0.810. The van der Waals surface area contributed by atoms with Crippen LogP contribution in [0.2, 0.25) is 0 Å². The van der Waals surface area contributed by atoms with Gasteiger partial charge in [-0.15, -0.1) is 0 Å². The summed E-state index contributed by atoms with van der Waals surface area (Å²) >= 11 is 0. The molecule has 3 atom stereocenters. The second-order valence-electron chi connectivity index (χ2n) is 6.58. The number of carbonyl (C=O) groups is 1. The summed E-state index contributed by atoms with van der Waals surface area (Å²) in [7, 11) is 0. The highest BCUT2D eigenvalue weighted by atomic mass is 16.6. The molecule has 1 heterocycles. The first-order chi connectivity index (χ1) is 8.87. The van der Waals surface area contributed by atoms with Crippen LogP contribution in [-0.4, -0.2) is 41.7 Å². The Labute approximate surface area is 114 Å². The number of alkyl carbamates (subject to hydrolysis) is 1. The van der Waals surface area contributed by atoms with E-state index in [0.29, 0.717) is 12.5 Å². The molecule has 0 aromatic carbocycles. The van der Waals surface area contributed by atoms with Gasteiger partial charge in [0.2, 0.25) is 0 Å². The lowest BCUT2D eigenvalue weighted by atomic mass is 9.94. The van der Waals surface area contributed by atoms with Crippen molar-refractivity contribution >= 4 is 6.09 Å². The number of rotatable bonds is 2. The number of hydrogen-bond acceptors (Lipinski definition) is 4. The summed E-state index contributed by atoms with van der Waals surface area (Å²) in [5.74, 6) is 0.442. The Kier molecular flexibility index (Phi) is 4.36. The zero-order valence-electron chi connectivity index (χ0n) is 12.0. The molecule has 2 N–H and O–H groups in total. The monoisotopic (exact) mass is 271 g/mol. The van der Waals surface area contributed by atoms with Crippen LogP contribution in [0.4, 0.5) is 4.79 Å². The van der Waals surface area contributed by atoms with Gasteiger partial charge in [0, 0.05) is 0 Å². The quantitative estimate of drug-likeness (QED) is 0.804. The van der Waals surface area contributed by atoms with Crippen molar-refractivity contribution in [3.05, 3.63) is 0 Å². The normalized spacial score (nSPS) is 32.5. The van der Waals surface area contributed by atoms with Gasteiger partial charge in [-0.1, -0.05) is 12.8 Å². The molecule has 0 spiro atoms. The first-order valence-electron chi connectivity index (χ1n) is 7.16. The second-order valence-corrected chi connectivity index (χ2v) is 6.58. The zero-order chi connectivity index (χ0) is 14.0. The van der Waals surface area contributed by atoms with E-state index in [1.165, 1.54) is 12.8 Å². The van der Waals surface area contributed by atoms with E-state index < -0.39 is 17.8 Å². The first kappa shape index (κ1) is 14.6. The Morgan fingerprint density at radius 1 is 1.32 bits per heavy atom. The molecule has 2 rings (SSSR count). The van der Waals surface area contributed by atoms with Gasteiger partial charge in [0.05, 0.1) is 18.8 Å². The van der Waals surface area contributed by atoms with E-state index in [9.17, 15) is 9.90 Å². The summed E-state index contributed by atoms with van der Waals surface area (Å²) in [6, 6.07) is -0.349. The highest BCUT2D eigenvalue weighted by Crippen LogP contribution is 2.34. The molecule has 1 saturated carbocycles. The molecule has 0 aromatic heterocycles. The van der Waals surface area contributed by atoms with Crippen LogP contribution < -0.4 is 5.32 Å². The Morgan fingerprint density at radius 3 is 2.53 bits per heavy atom. The number of aliphatic hydroxyl groups excluding tert-OH is 1. The molecule has 1 aliphatic heterocycles. The van der Waals surface area contributed by atoms with Gasteiger partial charge < -0.3 is 19.9 Å². The highest BCUT2D eigenvalue weighted by molar-refractivity contribution is 5.68. The fraction of sp³-hybridized carbons (Fsp3) is 0.929. The van der Waals surface area contributed by atoms with Gasteiger partial charge in [-0.25, -0.2) is 4.79 Å². The molecule has 1 amide bonds. The van der Waals surface area contributed by atoms with Gasteiger partial charge >= 0.3 is 6.09 Å². The maximum absolute atomic E-state index is 11.8. The SMILES string of the molecule is CC(C)(C)OC(=O)N[C@H]1C(C2CCCC2)OC[C@@H]1O. The molecule has 19 heavy (non-hydrogen) atoms. The average molecular weight is 271 g/mol. The lowest BCUT2D eigenvalue weighted by molar-refractivity contribution is 0.0331. The lowest BCUT2D eigenvalue weighted by Gasteiger charge is -2.28. The van der Waals surface area contributed by atoms with Crippen LogP contribution in [0.3, 0.4) is 0 Å². The molecular weight excluding hydrogens is 246 g/mol. The number of amides is 1. The molecule has 110 valence electrons. The minimum absolute atomic E-state index is 0.0787. The third kappa shape index (κ3) is 3.83. The number of nitrogens with one attached hydrogen (secondary N) is 1. The lowest BCUT2D eigenvalue weighted by Crippen LogP contribution is -2.50. The summed E-state index contributed by atoms with van der Waals surface area (Å²) in [6.07, 6.45) is 3.45. The Bertz CT molecular complexity index is 320. The largest absolute Gasteiger partial charge is 0.444 e. The van der Waals surface area contributed by atoms with Crippen molar-refractivity contribution in [3.63, 3.8) is 0 Å². The second kappa shape index (κ2) is 5.67. The summed E-state index contributed by atoms with van der Waals surface area (Å²) in [5, 5.41) is 12.7. The topological polar surface area (TPSA) is 67.8 Å². The third-order valence-electron chi connectivity index (χ3n) is 3.78. The molecule has 1 saturated heterocycles. The van der Waals surface area contributed by atoms with Crippen LogP contribution >= 0.6 is 0 Å². The van der Waals surface area contributed by atoms with Crippen LogP contribution in [0.25, 0.3) is 0 Å². The molecule has 2 aliphatic rings. The average Bonchev–Trinajstić information content (AvgIpc) is 2.87. The fourth-order valence-electron chi connectivity index (χ4n) is 2.97. The summed E-state index contributed by atoms with van der Waals surface area (Å²) in [6.45, 7) is 5.76. The first-order valence-corrected chi connectivity index (χ1v) is 7.16. The van der Waals surface area contributed by atoms with E-state index in [1.54, 1.807) is 0 Å². The molecule has 5 heteroatoms. The molecule has 0 aromatic rings. The van der Waals surface area contributed by atoms with Gasteiger partial charge in [-0.3, -0.25) is 0 Å². The van der Waals surface area contributed by atoms with Crippen LogP contribution in [-0.2, 0) is 9.47 Å². The van der Waals surface area contributed by atoms with Crippen LogP contribution in [0.5, 0.6) is 0 Å². The van der Waals surface area contributed by atoms with E-state index in [1.807, 2.05) is 20.8 Å². The van der Waals surface area contributed by atoms with Crippen molar-refractivity contribution in [2.75, 3.05) is 6.61 Å². The van der Waals surface area contributed by atoms with E-state index in [-0.39, 0.29) is 12.1 Å². The van der Waals surface area contributed by atoms with Gasteiger partial charge in [-0.05, 0) is 39.5 Å². The van der Waals surface area contributed by atoms with E-state index in [4.69, 9.17) is 9.47 Å². The van der Waals surface area contributed by atoms with Crippen LogP contribution in [0.1, 0.15) is 46.5 Å². The Morgan fingerprint density at radius 2 is 1.95 bits per heavy atom. The van der Waals surface area contributed by atoms with Crippen molar-refractivity contribution in [2.45, 2.75) is 70.3 Å². The number of hydrogen-bond donors (Lipinski definition) is 2. The maximum Gasteiger partial charge on any atom is 0.408 e. The molecule has 1 unspecified atom stereocenters. The van der Waals surface area contributed by atoms with Gasteiger partial charge in [-0.2, -0.15) is 0 Å². The van der Waals surface area contributed by atoms with Crippen LogP contribution in [0, 0.1) is 5.92 Å². The standard InChI is InChI=1S/C14H25NO4/c1-14(2,3)19-13(17)15-11-10(16)8-18-12(11)9-6-4-5-7-9/h9-12,16H,4-8H2,1-3H3,(H,15,17)/t10-,11+,12?/m0/s1.